The molecule has 2 nitrogen and oxygen atoms in total. The number of fused-ring (bicyclic) bond motifs is 2. The molecular weight excluding hydrogens is 192 g/mol. The van der Waals surface area contributed by atoms with Crippen molar-refractivity contribution < 1.29 is 0 Å². The topological polar surface area (TPSA) is 15.3 Å². The van der Waals surface area contributed by atoms with Crippen molar-refractivity contribution in [3.05, 3.63) is 0 Å². The van der Waals surface area contributed by atoms with E-state index in [0.29, 0.717) is 0 Å². The van der Waals surface area contributed by atoms with Gasteiger partial charge in [0.15, 0.2) is 0 Å². The number of nitrogens with zero attached hydrogens (tertiary/aromatic N) is 1. The zero-order valence-corrected chi connectivity index (χ0v) is 9.56. The molecule has 2 bridgehead atoms. The highest BCUT2D eigenvalue weighted by Crippen LogP contribution is 2.37. The molecule has 3 heteroatoms. The minimum Gasteiger partial charge on any atom is -0.313 e. The second kappa shape index (κ2) is 4.03. The van der Waals surface area contributed by atoms with Crippen molar-refractivity contribution in [2.24, 2.45) is 0 Å². The normalized spacial score (nSPS) is 43.3. The van der Waals surface area contributed by atoms with Crippen molar-refractivity contribution in [3.63, 3.8) is 0 Å². The molecule has 0 spiro atoms. The van der Waals surface area contributed by atoms with Gasteiger partial charge in [0.25, 0.3) is 0 Å². The third-order valence-electron chi connectivity index (χ3n) is 3.88. The third-order valence-corrected chi connectivity index (χ3v) is 5.27. The quantitative estimate of drug-likeness (QED) is 0.743. The molecule has 0 aliphatic carbocycles. The smallest absolute Gasteiger partial charge is 0.0198 e. The maximum Gasteiger partial charge on any atom is 0.0198 e. The number of hydrogen-bond donors (Lipinski definition) is 1. The summed E-state index contributed by atoms with van der Waals surface area (Å²) in [6, 6.07) is 1.72. The monoisotopic (exact) mass is 212 g/mol. The van der Waals surface area contributed by atoms with Crippen LogP contribution in [0.2, 0.25) is 0 Å². The number of thioether (sulfide) groups is 1. The largest absolute Gasteiger partial charge is 0.313 e. The maximum atomic E-state index is 3.66. The first-order chi connectivity index (χ1) is 6.92. The second-order valence-electron chi connectivity index (χ2n) is 4.95. The van der Waals surface area contributed by atoms with E-state index in [9.17, 15) is 0 Å². The van der Waals surface area contributed by atoms with Crippen molar-refractivity contribution in [2.75, 3.05) is 25.4 Å². The van der Waals surface area contributed by atoms with Gasteiger partial charge >= 0.3 is 0 Å². The predicted octanol–water partition coefficient (Wildman–Crippen LogP) is 1.32. The van der Waals surface area contributed by atoms with Crippen molar-refractivity contribution in [2.45, 2.75) is 43.0 Å². The molecule has 3 aliphatic rings. The first-order valence-corrected chi connectivity index (χ1v) is 7.06. The van der Waals surface area contributed by atoms with Gasteiger partial charge in [-0.25, -0.2) is 0 Å². The average Bonchev–Trinajstić information content (AvgIpc) is 2.81. The highest BCUT2D eigenvalue weighted by atomic mass is 32.2. The molecule has 3 saturated heterocycles. The van der Waals surface area contributed by atoms with Crippen molar-refractivity contribution >= 4 is 11.8 Å². The molecular formula is C11H20N2S. The Balaban J connectivity index is 1.52. The highest BCUT2D eigenvalue weighted by molar-refractivity contribution is 8.00. The lowest BCUT2D eigenvalue weighted by molar-refractivity contribution is 0.220. The Morgan fingerprint density at radius 3 is 3.00 bits per heavy atom. The van der Waals surface area contributed by atoms with E-state index in [2.05, 4.69) is 22.0 Å². The van der Waals surface area contributed by atoms with E-state index in [1.807, 2.05) is 0 Å². The van der Waals surface area contributed by atoms with E-state index in [-0.39, 0.29) is 0 Å². The standard InChI is InChI=1S/C11H20N2S/c1-2-4-12-9(3-1)6-13-7-11-5-10(13)8-14-11/h9-12H,1-8H2/t9-,10?,11?/m1/s1. The number of nitrogens with one attached hydrogen (secondary N) is 1. The lowest BCUT2D eigenvalue weighted by Gasteiger charge is -2.32. The summed E-state index contributed by atoms with van der Waals surface area (Å²) >= 11 is 2.20. The molecule has 3 heterocycles. The summed E-state index contributed by atoms with van der Waals surface area (Å²) in [5, 5.41) is 4.63. The van der Waals surface area contributed by atoms with Crippen molar-refractivity contribution in [1.82, 2.24) is 10.2 Å². The van der Waals surface area contributed by atoms with Crippen LogP contribution in [-0.2, 0) is 0 Å². The SMILES string of the molecule is C1CC[C@H](CN2CC3CC2CS3)NC1. The van der Waals surface area contributed by atoms with Crippen LogP contribution in [0.15, 0.2) is 0 Å². The fourth-order valence-electron chi connectivity index (χ4n) is 3.07. The summed E-state index contributed by atoms with van der Waals surface area (Å²) in [4.78, 5) is 2.74. The summed E-state index contributed by atoms with van der Waals surface area (Å²) in [5.41, 5.74) is 0. The predicted molar refractivity (Wildman–Crippen MR) is 61.9 cm³/mol. The lowest BCUT2D eigenvalue weighted by atomic mass is 10.0. The molecule has 3 rings (SSSR count). The Bertz CT molecular complexity index is 203. The summed E-state index contributed by atoms with van der Waals surface area (Å²) in [6.45, 7) is 3.94. The van der Waals surface area contributed by atoms with E-state index in [1.54, 1.807) is 0 Å². The average molecular weight is 212 g/mol. The summed E-state index contributed by atoms with van der Waals surface area (Å²) < 4.78 is 0. The molecule has 1 N–H and O–H groups in total. The van der Waals surface area contributed by atoms with Gasteiger partial charge < -0.3 is 5.32 Å². The van der Waals surface area contributed by atoms with Gasteiger partial charge in [0.05, 0.1) is 0 Å². The van der Waals surface area contributed by atoms with Crippen LogP contribution in [0.1, 0.15) is 25.7 Å². The van der Waals surface area contributed by atoms with Crippen molar-refractivity contribution in [3.8, 4) is 0 Å². The molecule has 0 aromatic carbocycles. The van der Waals surface area contributed by atoms with Gasteiger partial charge in [-0.15, -0.1) is 0 Å². The summed E-state index contributed by atoms with van der Waals surface area (Å²) in [6.07, 6.45) is 5.70. The highest BCUT2D eigenvalue weighted by Gasteiger charge is 2.38. The Labute approximate surface area is 90.8 Å². The van der Waals surface area contributed by atoms with Crippen LogP contribution in [0.3, 0.4) is 0 Å². The Kier molecular flexibility index (Phi) is 2.73. The fourth-order valence-corrected chi connectivity index (χ4v) is 4.56. The van der Waals surface area contributed by atoms with Gasteiger partial charge in [-0.05, 0) is 25.8 Å². The Morgan fingerprint density at radius 2 is 2.36 bits per heavy atom. The zero-order valence-electron chi connectivity index (χ0n) is 8.74. The maximum absolute atomic E-state index is 3.66. The van der Waals surface area contributed by atoms with Crippen LogP contribution in [0.5, 0.6) is 0 Å². The Morgan fingerprint density at radius 1 is 1.36 bits per heavy atom. The number of hydrogen-bond acceptors (Lipinski definition) is 3. The number of rotatable bonds is 2. The van der Waals surface area contributed by atoms with Gasteiger partial charge in [-0.3, -0.25) is 4.90 Å². The van der Waals surface area contributed by atoms with E-state index >= 15 is 0 Å². The van der Waals surface area contributed by atoms with Crippen molar-refractivity contribution in [1.29, 1.82) is 0 Å². The molecule has 0 radical (unpaired) electrons. The van der Waals surface area contributed by atoms with Gasteiger partial charge in [-0.2, -0.15) is 11.8 Å². The molecule has 3 atom stereocenters. The number of likely N-dealkylation sites (tertiary alicyclic amines) is 1. The third kappa shape index (κ3) is 1.82. The first kappa shape index (κ1) is 9.49. The molecule has 14 heavy (non-hydrogen) atoms. The van der Waals surface area contributed by atoms with Crippen LogP contribution < -0.4 is 5.32 Å². The second-order valence-corrected chi connectivity index (χ2v) is 6.28. The summed E-state index contributed by atoms with van der Waals surface area (Å²) in [7, 11) is 0. The molecule has 3 fully saturated rings. The molecule has 2 unspecified atom stereocenters. The van der Waals surface area contributed by atoms with E-state index in [0.717, 1.165) is 17.3 Å². The number of piperidine rings is 1. The molecule has 80 valence electrons. The van der Waals surface area contributed by atoms with Crippen LogP contribution in [0.25, 0.3) is 0 Å². The first-order valence-electron chi connectivity index (χ1n) is 6.01. The van der Waals surface area contributed by atoms with Crippen LogP contribution in [0.4, 0.5) is 0 Å². The fraction of sp³-hybridized carbons (Fsp3) is 1.00. The van der Waals surface area contributed by atoms with E-state index in [4.69, 9.17) is 0 Å². The van der Waals surface area contributed by atoms with Crippen LogP contribution in [-0.4, -0.2) is 47.6 Å². The van der Waals surface area contributed by atoms with E-state index < -0.39 is 0 Å². The molecule has 0 aromatic rings. The van der Waals surface area contributed by atoms with Gasteiger partial charge in [0.1, 0.15) is 0 Å². The molecule has 0 aromatic heterocycles. The van der Waals surface area contributed by atoms with Gasteiger partial charge in [0, 0.05) is 36.2 Å². The Hall–Kier alpha value is 0.270. The summed E-state index contributed by atoms with van der Waals surface area (Å²) in [5.74, 6) is 1.40. The minimum absolute atomic E-state index is 0.799. The molecule has 3 aliphatic heterocycles. The van der Waals surface area contributed by atoms with Gasteiger partial charge in [0.2, 0.25) is 0 Å². The lowest BCUT2D eigenvalue weighted by Crippen LogP contribution is -2.46. The van der Waals surface area contributed by atoms with Crippen LogP contribution in [0, 0.1) is 0 Å². The van der Waals surface area contributed by atoms with Crippen LogP contribution >= 0.6 is 11.8 Å². The zero-order chi connectivity index (χ0) is 9.38. The minimum atomic E-state index is 0.799. The molecule has 0 amide bonds. The van der Waals surface area contributed by atoms with E-state index in [1.165, 1.54) is 51.1 Å². The molecule has 0 saturated carbocycles. The van der Waals surface area contributed by atoms with Gasteiger partial charge in [-0.1, -0.05) is 6.42 Å².